The van der Waals surface area contributed by atoms with Crippen LogP contribution in [-0.2, 0) is 19.1 Å². The van der Waals surface area contributed by atoms with Gasteiger partial charge in [-0.1, -0.05) is 0 Å². The van der Waals surface area contributed by atoms with Crippen LogP contribution < -0.4 is 0 Å². The normalized spacial score (nSPS) is 10.0. The van der Waals surface area contributed by atoms with Crippen LogP contribution in [0, 0.1) is 0 Å². The molecule has 0 saturated heterocycles. The van der Waals surface area contributed by atoms with E-state index in [1.807, 2.05) is 0 Å². The highest BCUT2D eigenvalue weighted by Gasteiger charge is 2.15. The maximum absolute atomic E-state index is 11.5. The summed E-state index contributed by atoms with van der Waals surface area (Å²) in [4.78, 5) is 23.2. The molecule has 0 saturated carbocycles. The molecule has 1 amide bonds. The lowest BCUT2D eigenvalue weighted by Crippen LogP contribution is -2.38. The van der Waals surface area contributed by atoms with Crippen molar-refractivity contribution in [2.45, 2.75) is 6.42 Å². The standard InChI is InChI=1S/C9H17NO5/c1-14-5-3-8(11)10(4-6-15-2)7-9(12)13/h3-7H2,1-2H3,(H,12,13). The van der Waals surface area contributed by atoms with Crippen LogP contribution in [-0.4, -0.2) is 62.4 Å². The molecular formula is C9H17NO5. The van der Waals surface area contributed by atoms with Crippen molar-refractivity contribution in [1.29, 1.82) is 0 Å². The summed E-state index contributed by atoms with van der Waals surface area (Å²) in [7, 11) is 2.99. The van der Waals surface area contributed by atoms with Crippen molar-refractivity contribution >= 4 is 11.9 Å². The van der Waals surface area contributed by atoms with Gasteiger partial charge in [0.15, 0.2) is 0 Å². The van der Waals surface area contributed by atoms with Crippen LogP contribution in [0.5, 0.6) is 0 Å². The zero-order chi connectivity index (χ0) is 11.7. The molecule has 0 rings (SSSR count). The van der Waals surface area contributed by atoms with Gasteiger partial charge >= 0.3 is 5.97 Å². The van der Waals surface area contributed by atoms with Gasteiger partial charge in [-0.15, -0.1) is 0 Å². The van der Waals surface area contributed by atoms with Crippen molar-refractivity contribution in [3.63, 3.8) is 0 Å². The number of ether oxygens (including phenoxy) is 2. The van der Waals surface area contributed by atoms with Crippen molar-refractivity contribution in [3.05, 3.63) is 0 Å². The van der Waals surface area contributed by atoms with Gasteiger partial charge in [0.05, 0.1) is 19.6 Å². The van der Waals surface area contributed by atoms with E-state index in [9.17, 15) is 9.59 Å². The lowest BCUT2D eigenvalue weighted by Gasteiger charge is -2.19. The first kappa shape index (κ1) is 13.9. The second-order valence-corrected chi connectivity index (χ2v) is 2.94. The Hall–Kier alpha value is -1.14. The molecule has 0 aromatic rings. The molecule has 0 aromatic carbocycles. The molecule has 0 bridgehead atoms. The first-order valence-corrected chi connectivity index (χ1v) is 4.59. The van der Waals surface area contributed by atoms with Crippen molar-refractivity contribution in [3.8, 4) is 0 Å². The Labute approximate surface area is 88.8 Å². The highest BCUT2D eigenvalue weighted by atomic mass is 16.5. The number of hydrogen-bond acceptors (Lipinski definition) is 4. The number of hydrogen-bond donors (Lipinski definition) is 1. The Bertz CT molecular complexity index is 207. The lowest BCUT2D eigenvalue weighted by atomic mass is 10.3. The fraction of sp³-hybridized carbons (Fsp3) is 0.778. The average molecular weight is 219 g/mol. The number of carbonyl (C=O) groups excluding carboxylic acids is 1. The number of aliphatic carboxylic acids is 1. The maximum Gasteiger partial charge on any atom is 0.323 e. The SMILES string of the molecule is COCCC(=O)N(CCOC)CC(=O)O. The Morgan fingerprint density at radius 2 is 1.80 bits per heavy atom. The second kappa shape index (κ2) is 8.19. The maximum atomic E-state index is 11.5. The van der Waals surface area contributed by atoms with E-state index < -0.39 is 5.97 Å². The van der Waals surface area contributed by atoms with Gasteiger partial charge in [-0.3, -0.25) is 9.59 Å². The molecule has 0 radical (unpaired) electrons. The first-order chi connectivity index (χ1) is 7.11. The lowest BCUT2D eigenvalue weighted by molar-refractivity contribution is -0.145. The van der Waals surface area contributed by atoms with E-state index >= 15 is 0 Å². The van der Waals surface area contributed by atoms with E-state index in [0.717, 1.165) is 0 Å². The van der Waals surface area contributed by atoms with E-state index in [-0.39, 0.29) is 25.4 Å². The summed E-state index contributed by atoms with van der Waals surface area (Å²) in [5.41, 5.74) is 0. The highest BCUT2D eigenvalue weighted by molar-refractivity contribution is 5.81. The van der Waals surface area contributed by atoms with Gasteiger partial charge in [0, 0.05) is 20.8 Å². The molecule has 0 aliphatic heterocycles. The molecule has 88 valence electrons. The largest absolute Gasteiger partial charge is 0.480 e. The minimum Gasteiger partial charge on any atom is -0.480 e. The number of carbonyl (C=O) groups is 2. The van der Waals surface area contributed by atoms with Crippen LogP contribution in [0.25, 0.3) is 0 Å². The molecule has 0 fully saturated rings. The summed E-state index contributed by atoms with van der Waals surface area (Å²) < 4.78 is 9.54. The van der Waals surface area contributed by atoms with Gasteiger partial charge in [0.2, 0.25) is 5.91 Å². The predicted molar refractivity (Wildman–Crippen MR) is 52.6 cm³/mol. The topological polar surface area (TPSA) is 76.1 Å². The minimum atomic E-state index is -1.03. The third-order valence-corrected chi connectivity index (χ3v) is 1.76. The quantitative estimate of drug-likeness (QED) is 0.600. The van der Waals surface area contributed by atoms with Crippen LogP contribution in [0.3, 0.4) is 0 Å². The number of carboxylic acids is 1. The number of carboxylic acid groups (broad SMARTS) is 1. The zero-order valence-corrected chi connectivity index (χ0v) is 9.06. The molecule has 0 aliphatic rings. The summed E-state index contributed by atoms with van der Waals surface area (Å²) in [6.07, 6.45) is 0.188. The van der Waals surface area contributed by atoms with Crippen molar-refractivity contribution in [1.82, 2.24) is 4.90 Å². The van der Waals surface area contributed by atoms with Crippen LogP contribution >= 0.6 is 0 Å². The number of nitrogens with zero attached hydrogens (tertiary/aromatic N) is 1. The molecule has 6 nitrogen and oxygen atoms in total. The van der Waals surface area contributed by atoms with E-state index in [1.54, 1.807) is 0 Å². The van der Waals surface area contributed by atoms with Crippen LogP contribution in [0.4, 0.5) is 0 Å². The molecule has 15 heavy (non-hydrogen) atoms. The first-order valence-electron chi connectivity index (χ1n) is 4.59. The zero-order valence-electron chi connectivity index (χ0n) is 9.06. The van der Waals surface area contributed by atoms with Gasteiger partial charge in [0.25, 0.3) is 0 Å². The molecule has 0 aromatic heterocycles. The Morgan fingerprint density at radius 1 is 1.20 bits per heavy atom. The Kier molecular flexibility index (Phi) is 7.57. The fourth-order valence-corrected chi connectivity index (χ4v) is 1.00. The molecular weight excluding hydrogens is 202 g/mol. The molecule has 0 spiro atoms. The molecule has 6 heteroatoms. The minimum absolute atomic E-state index is 0.188. The molecule has 0 heterocycles. The Morgan fingerprint density at radius 3 is 2.27 bits per heavy atom. The summed E-state index contributed by atoms with van der Waals surface area (Å²) >= 11 is 0. The second-order valence-electron chi connectivity index (χ2n) is 2.94. The number of amides is 1. The number of rotatable bonds is 8. The van der Waals surface area contributed by atoms with E-state index in [2.05, 4.69) is 0 Å². The number of methoxy groups -OCH3 is 2. The fourth-order valence-electron chi connectivity index (χ4n) is 1.00. The van der Waals surface area contributed by atoms with Crippen LogP contribution in [0.15, 0.2) is 0 Å². The molecule has 1 N–H and O–H groups in total. The van der Waals surface area contributed by atoms with Gasteiger partial charge in [-0.05, 0) is 0 Å². The molecule has 0 aliphatic carbocycles. The monoisotopic (exact) mass is 219 g/mol. The summed E-state index contributed by atoms with van der Waals surface area (Å²) in [6.45, 7) is 0.602. The average Bonchev–Trinajstić information content (AvgIpc) is 2.20. The van der Waals surface area contributed by atoms with Gasteiger partial charge in [0.1, 0.15) is 6.54 Å². The van der Waals surface area contributed by atoms with Gasteiger partial charge in [-0.2, -0.15) is 0 Å². The third kappa shape index (κ3) is 6.87. The smallest absolute Gasteiger partial charge is 0.323 e. The molecule has 0 atom stereocenters. The van der Waals surface area contributed by atoms with Crippen LogP contribution in [0.1, 0.15) is 6.42 Å². The van der Waals surface area contributed by atoms with E-state index in [1.165, 1.54) is 19.1 Å². The van der Waals surface area contributed by atoms with Gasteiger partial charge < -0.3 is 19.5 Å². The van der Waals surface area contributed by atoms with Crippen LogP contribution in [0.2, 0.25) is 0 Å². The van der Waals surface area contributed by atoms with Crippen molar-refractivity contribution < 1.29 is 24.2 Å². The van der Waals surface area contributed by atoms with Gasteiger partial charge in [-0.25, -0.2) is 0 Å². The predicted octanol–water partition coefficient (Wildman–Crippen LogP) is -0.417. The highest BCUT2D eigenvalue weighted by Crippen LogP contribution is 1.95. The summed E-state index contributed by atoms with van der Waals surface area (Å²) in [5, 5.41) is 8.59. The molecule has 0 unspecified atom stereocenters. The summed E-state index contributed by atoms with van der Waals surface area (Å²) in [5.74, 6) is -1.27. The Balaban J connectivity index is 4.07. The van der Waals surface area contributed by atoms with Crippen molar-refractivity contribution in [2.75, 3.05) is 40.5 Å². The third-order valence-electron chi connectivity index (χ3n) is 1.76. The summed E-state index contributed by atoms with van der Waals surface area (Å²) in [6, 6.07) is 0. The van der Waals surface area contributed by atoms with E-state index in [4.69, 9.17) is 14.6 Å². The van der Waals surface area contributed by atoms with E-state index in [0.29, 0.717) is 13.2 Å². The van der Waals surface area contributed by atoms with Crippen molar-refractivity contribution in [2.24, 2.45) is 0 Å².